The first-order chi connectivity index (χ1) is 10.7. The van der Waals surface area contributed by atoms with Gasteiger partial charge < -0.3 is 15.8 Å². The average molecular weight is 291 g/mol. The summed E-state index contributed by atoms with van der Waals surface area (Å²) in [6, 6.07) is 27.4. The van der Waals surface area contributed by atoms with Crippen LogP contribution in [0, 0.1) is 0 Å². The van der Waals surface area contributed by atoms with E-state index in [1.54, 1.807) is 24.3 Å². The molecule has 0 aliphatic carbocycles. The van der Waals surface area contributed by atoms with E-state index in [1.807, 2.05) is 12.1 Å². The molecule has 0 bridgehead atoms. The molecule has 0 atom stereocenters. The van der Waals surface area contributed by atoms with Crippen LogP contribution in [0.2, 0.25) is 0 Å². The van der Waals surface area contributed by atoms with Gasteiger partial charge in [-0.1, -0.05) is 78.9 Å². The molecule has 3 aromatic carbocycles. The van der Waals surface area contributed by atoms with E-state index < -0.39 is 7.12 Å². The third-order valence-electron chi connectivity index (χ3n) is 3.16. The minimum atomic E-state index is -1.47. The lowest BCUT2D eigenvalue weighted by Crippen LogP contribution is -2.31. The summed E-state index contributed by atoms with van der Waals surface area (Å²) >= 11 is 0. The number of para-hydroxylation sites is 1. The first-order valence-corrected chi connectivity index (χ1v) is 6.99. The molecule has 3 rings (SSSR count). The molecule has 0 fully saturated rings. The van der Waals surface area contributed by atoms with Crippen molar-refractivity contribution in [3.63, 3.8) is 0 Å². The molecule has 0 aliphatic heterocycles. The van der Waals surface area contributed by atoms with Crippen molar-refractivity contribution in [3.8, 4) is 11.1 Å². The molecular weight excluding hydrogens is 273 g/mol. The second-order valence-electron chi connectivity index (χ2n) is 4.73. The topological polar surface area (TPSA) is 66.5 Å². The number of nitrogen functional groups attached to an aromatic ring is 1. The molecule has 22 heavy (non-hydrogen) atoms. The molecule has 0 spiro atoms. The zero-order chi connectivity index (χ0) is 15.8. The molecule has 0 saturated carbocycles. The maximum absolute atomic E-state index is 8.68. The quantitative estimate of drug-likeness (QED) is 0.501. The first-order valence-electron chi connectivity index (χ1n) is 6.99. The van der Waals surface area contributed by atoms with Gasteiger partial charge in [-0.25, -0.2) is 0 Å². The molecule has 4 N–H and O–H groups in total. The molecule has 4 heteroatoms. The van der Waals surface area contributed by atoms with Gasteiger partial charge in [-0.3, -0.25) is 0 Å². The Balaban J connectivity index is 0.000000164. The van der Waals surface area contributed by atoms with Crippen LogP contribution in [0.3, 0.4) is 0 Å². The molecule has 0 aromatic heterocycles. The highest BCUT2D eigenvalue weighted by atomic mass is 16.4. The van der Waals surface area contributed by atoms with Gasteiger partial charge in [0.2, 0.25) is 0 Å². The van der Waals surface area contributed by atoms with Crippen LogP contribution in [0.1, 0.15) is 0 Å². The van der Waals surface area contributed by atoms with E-state index in [4.69, 9.17) is 15.8 Å². The lowest BCUT2D eigenvalue weighted by molar-refractivity contribution is 0.426. The Labute approximate surface area is 130 Å². The monoisotopic (exact) mass is 291 g/mol. The number of anilines is 1. The third-order valence-corrected chi connectivity index (χ3v) is 3.16. The Hall–Kier alpha value is -2.56. The first kappa shape index (κ1) is 15.8. The van der Waals surface area contributed by atoms with Crippen molar-refractivity contribution < 1.29 is 10.0 Å². The van der Waals surface area contributed by atoms with Crippen molar-refractivity contribution in [2.24, 2.45) is 0 Å². The maximum Gasteiger partial charge on any atom is 0.490 e. The van der Waals surface area contributed by atoms with E-state index in [1.165, 1.54) is 11.1 Å². The van der Waals surface area contributed by atoms with Crippen molar-refractivity contribution >= 4 is 18.3 Å². The van der Waals surface area contributed by atoms with Gasteiger partial charge in [-0.15, -0.1) is 0 Å². The number of hydrogen-bond donors (Lipinski definition) is 3. The lowest BCUT2D eigenvalue weighted by atomic mass is 9.79. The SMILES string of the molecule is Nc1ccccc1B(O)O.c1ccc(-c2ccccc2)cc1. The van der Waals surface area contributed by atoms with Crippen LogP contribution >= 0.6 is 0 Å². The van der Waals surface area contributed by atoms with Crippen LogP contribution in [0.25, 0.3) is 11.1 Å². The van der Waals surface area contributed by atoms with Crippen LogP contribution in [-0.4, -0.2) is 17.2 Å². The Kier molecular flexibility index (Phi) is 5.77. The second kappa shape index (κ2) is 8.03. The summed E-state index contributed by atoms with van der Waals surface area (Å²) in [5.74, 6) is 0. The predicted molar refractivity (Wildman–Crippen MR) is 92.6 cm³/mol. The van der Waals surface area contributed by atoms with Gasteiger partial charge in [-0.05, 0) is 17.2 Å². The van der Waals surface area contributed by atoms with Crippen molar-refractivity contribution in [1.82, 2.24) is 0 Å². The third kappa shape index (κ3) is 4.48. The standard InChI is InChI=1S/C12H10.C6H8BNO2/c1-3-7-11(8-4-1)12-9-5-2-6-10-12;8-6-4-2-1-3-5(6)7(9)10/h1-10H;1-4,9-10H,8H2. The number of rotatable bonds is 2. The molecule has 0 aliphatic rings. The summed E-state index contributed by atoms with van der Waals surface area (Å²) in [6.45, 7) is 0. The van der Waals surface area contributed by atoms with E-state index in [9.17, 15) is 0 Å². The van der Waals surface area contributed by atoms with Gasteiger partial charge >= 0.3 is 7.12 Å². The smallest absolute Gasteiger partial charge is 0.423 e. The molecule has 0 saturated heterocycles. The Bertz CT molecular complexity index is 650. The zero-order valence-corrected chi connectivity index (χ0v) is 12.1. The van der Waals surface area contributed by atoms with E-state index in [0.29, 0.717) is 11.2 Å². The van der Waals surface area contributed by atoms with E-state index in [-0.39, 0.29) is 0 Å². The van der Waals surface area contributed by atoms with Crippen molar-refractivity contribution in [2.45, 2.75) is 0 Å². The van der Waals surface area contributed by atoms with Crippen molar-refractivity contribution in [3.05, 3.63) is 84.9 Å². The molecule has 0 amide bonds. The van der Waals surface area contributed by atoms with E-state index >= 15 is 0 Å². The minimum absolute atomic E-state index is 0.350. The van der Waals surface area contributed by atoms with Crippen LogP contribution in [-0.2, 0) is 0 Å². The minimum Gasteiger partial charge on any atom is -0.423 e. The Morgan fingerprint density at radius 3 is 1.36 bits per heavy atom. The van der Waals surface area contributed by atoms with Gasteiger partial charge in [0.25, 0.3) is 0 Å². The number of nitrogens with two attached hydrogens (primary N) is 1. The van der Waals surface area contributed by atoms with E-state index in [0.717, 1.165) is 0 Å². The van der Waals surface area contributed by atoms with Crippen molar-refractivity contribution in [1.29, 1.82) is 0 Å². The van der Waals surface area contributed by atoms with Crippen LogP contribution < -0.4 is 11.2 Å². The summed E-state index contributed by atoms with van der Waals surface area (Å²) in [6.07, 6.45) is 0. The maximum atomic E-state index is 8.68. The summed E-state index contributed by atoms with van der Waals surface area (Å²) in [4.78, 5) is 0. The normalized spacial score (nSPS) is 9.55. The van der Waals surface area contributed by atoms with Crippen LogP contribution in [0.15, 0.2) is 84.9 Å². The molecule has 110 valence electrons. The highest BCUT2D eigenvalue weighted by Gasteiger charge is 2.12. The fourth-order valence-corrected chi connectivity index (χ4v) is 2.01. The predicted octanol–water partition coefficient (Wildman–Crippen LogP) is 2.30. The summed E-state index contributed by atoms with van der Waals surface area (Å²) in [5, 5.41) is 17.4. The molecule has 3 nitrogen and oxygen atoms in total. The fourth-order valence-electron chi connectivity index (χ4n) is 2.01. The van der Waals surface area contributed by atoms with Crippen LogP contribution in [0.5, 0.6) is 0 Å². The molecule has 0 unspecified atom stereocenters. The van der Waals surface area contributed by atoms with Gasteiger partial charge in [0.15, 0.2) is 0 Å². The lowest BCUT2D eigenvalue weighted by Gasteiger charge is -2.01. The van der Waals surface area contributed by atoms with Gasteiger partial charge in [0.1, 0.15) is 0 Å². The molecule has 3 aromatic rings. The summed E-state index contributed by atoms with van der Waals surface area (Å²) in [5.41, 5.74) is 8.70. The number of hydrogen-bond acceptors (Lipinski definition) is 3. The number of benzene rings is 3. The van der Waals surface area contributed by atoms with Gasteiger partial charge in [0, 0.05) is 11.2 Å². The Morgan fingerprint density at radius 2 is 1.00 bits per heavy atom. The highest BCUT2D eigenvalue weighted by molar-refractivity contribution is 6.60. The average Bonchev–Trinajstić information content (AvgIpc) is 2.57. The van der Waals surface area contributed by atoms with Gasteiger partial charge in [-0.2, -0.15) is 0 Å². The Morgan fingerprint density at radius 1 is 0.591 bits per heavy atom. The largest absolute Gasteiger partial charge is 0.490 e. The van der Waals surface area contributed by atoms with Crippen molar-refractivity contribution in [2.75, 3.05) is 5.73 Å². The zero-order valence-electron chi connectivity index (χ0n) is 12.1. The molecule has 0 heterocycles. The fraction of sp³-hybridized carbons (Fsp3) is 0. The van der Waals surface area contributed by atoms with Crippen LogP contribution in [0.4, 0.5) is 5.69 Å². The van der Waals surface area contributed by atoms with E-state index in [2.05, 4.69) is 48.5 Å². The second-order valence-corrected chi connectivity index (χ2v) is 4.73. The molecular formula is C18H18BNO2. The highest BCUT2D eigenvalue weighted by Crippen LogP contribution is 2.17. The summed E-state index contributed by atoms with van der Waals surface area (Å²) < 4.78 is 0. The summed E-state index contributed by atoms with van der Waals surface area (Å²) in [7, 11) is -1.47. The van der Waals surface area contributed by atoms with Gasteiger partial charge in [0.05, 0.1) is 0 Å². The molecule has 0 radical (unpaired) electrons.